The summed E-state index contributed by atoms with van der Waals surface area (Å²) >= 11 is 7.53. The third-order valence-electron chi connectivity index (χ3n) is 5.40. The first-order valence-corrected chi connectivity index (χ1v) is 12.1. The van der Waals surface area contributed by atoms with Gasteiger partial charge in [0.15, 0.2) is 0 Å². The van der Waals surface area contributed by atoms with E-state index in [1.165, 1.54) is 38.4 Å². The minimum absolute atomic E-state index is 0.293. The monoisotopic (exact) mass is 443 g/mol. The van der Waals surface area contributed by atoms with Crippen LogP contribution in [0.15, 0.2) is 0 Å². The van der Waals surface area contributed by atoms with E-state index < -0.39 is 10.0 Å². The smallest absolute Gasteiger partial charge is 0.211 e. The summed E-state index contributed by atoms with van der Waals surface area (Å²) in [5, 5.41) is 2.04. The molecular weight excluding hydrogens is 418 g/mol. The minimum atomic E-state index is -3.04. The molecule has 1 aliphatic heterocycles. The molecule has 0 radical (unpaired) electrons. The first-order chi connectivity index (χ1) is 9.91. The highest BCUT2D eigenvalue weighted by molar-refractivity contribution is 9.09. The van der Waals surface area contributed by atoms with E-state index in [4.69, 9.17) is 0 Å². The Morgan fingerprint density at radius 3 is 2.24 bits per heavy atom. The van der Waals surface area contributed by atoms with Crippen LogP contribution >= 0.6 is 31.9 Å². The molecule has 0 aromatic carbocycles. The normalized spacial score (nSPS) is 26.3. The van der Waals surface area contributed by atoms with Gasteiger partial charge in [-0.15, -0.1) is 0 Å². The second kappa shape index (κ2) is 7.63. The summed E-state index contributed by atoms with van der Waals surface area (Å²) in [6.45, 7) is 1.42. The van der Waals surface area contributed by atoms with Crippen LogP contribution in [0.4, 0.5) is 0 Å². The maximum Gasteiger partial charge on any atom is 0.211 e. The third kappa shape index (κ3) is 4.45. The molecule has 2 aliphatic rings. The lowest BCUT2D eigenvalue weighted by Crippen LogP contribution is -2.43. The standard InChI is InChI=1S/C15H27Br2NO2S/c1-21(19,20)18-8-4-5-13(10-18)9-15(11-16,12-17)14-6-2-3-7-14/h13-14H,2-12H2,1H3. The Kier molecular flexibility index (Phi) is 6.61. The number of halogens is 2. The average molecular weight is 445 g/mol. The van der Waals surface area contributed by atoms with Crippen LogP contribution in [0.25, 0.3) is 0 Å². The molecule has 1 unspecified atom stereocenters. The highest BCUT2D eigenvalue weighted by Gasteiger charge is 2.41. The molecule has 0 aromatic heterocycles. The number of rotatable bonds is 6. The van der Waals surface area contributed by atoms with Crippen LogP contribution in [0.3, 0.4) is 0 Å². The van der Waals surface area contributed by atoms with Crippen LogP contribution in [0.5, 0.6) is 0 Å². The zero-order valence-corrected chi connectivity index (χ0v) is 16.8. The molecule has 1 heterocycles. The molecule has 1 saturated carbocycles. The van der Waals surface area contributed by atoms with Crippen LogP contribution in [0.2, 0.25) is 0 Å². The Balaban J connectivity index is 2.06. The van der Waals surface area contributed by atoms with Gasteiger partial charge < -0.3 is 0 Å². The van der Waals surface area contributed by atoms with Gasteiger partial charge in [-0.3, -0.25) is 0 Å². The molecule has 21 heavy (non-hydrogen) atoms. The fraction of sp³-hybridized carbons (Fsp3) is 1.00. The van der Waals surface area contributed by atoms with Crippen LogP contribution < -0.4 is 0 Å². The first kappa shape index (κ1) is 18.2. The van der Waals surface area contributed by atoms with Gasteiger partial charge in [-0.1, -0.05) is 44.7 Å². The van der Waals surface area contributed by atoms with E-state index in [9.17, 15) is 8.42 Å². The lowest BCUT2D eigenvalue weighted by Gasteiger charge is -2.41. The van der Waals surface area contributed by atoms with Gasteiger partial charge in [0.25, 0.3) is 0 Å². The fourth-order valence-corrected chi connectivity index (χ4v) is 7.38. The molecule has 6 heteroatoms. The van der Waals surface area contributed by atoms with Gasteiger partial charge in [-0.25, -0.2) is 12.7 Å². The van der Waals surface area contributed by atoms with E-state index in [0.717, 1.165) is 29.4 Å². The second-order valence-corrected chi connectivity index (χ2v) is 10.0. The van der Waals surface area contributed by atoms with Crippen molar-refractivity contribution in [2.45, 2.75) is 44.9 Å². The van der Waals surface area contributed by atoms with Gasteiger partial charge in [-0.05, 0) is 49.4 Å². The quantitative estimate of drug-likeness (QED) is 0.580. The molecule has 1 aliphatic carbocycles. The molecule has 0 bridgehead atoms. The van der Waals surface area contributed by atoms with Gasteiger partial charge in [-0.2, -0.15) is 0 Å². The van der Waals surface area contributed by atoms with Crippen molar-refractivity contribution in [3.8, 4) is 0 Å². The average Bonchev–Trinajstić information content (AvgIpc) is 2.99. The predicted octanol–water partition coefficient (Wildman–Crippen LogP) is 4.01. The Bertz CT molecular complexity index is 431. The summed E-state index contributed by atoms with van der Waals surface area (Å²) in [5.41, 5.74) is 0.293. The molecule has 0 amide bonds. The summed E-state index contributed by atoms with van der Waals surface area (Å²) < 4.78 is 25.3. The van der Waals surface area contributed by atoms with E-state index in [2.05, 4.69) is 31.9 Å². The van der Waals surface area contributed by atoms with Gasteiger partial charge in [0.2, 0.25) is 10.0 Å². The molecule has 124 valence electrons. The summed E-state index contributed by atoms with van der Waals surface area (Å²) in [4.78, 5) is 0. The van der Waals surface area contributed by atoms with Crippen molar-refractivity contribution < 1.29 is 8.42 Å². The number of hydrogen-bond donors (Lipinski definition) is 0. The zero-order chi connectivity index (χ0) is 15.5. The van der Waals surface area contributed by atoms with Crippen molar-refractivity contribution in [1.29, 1.82) is 0 Å². The SMILES string of the molecule is CS(=O)(=O)N1CCCC(CC(CBr)(CBr)C2CCCC2)C1. The van der Waals surface area contributed by atoms with E-state index in [-0.39, 0.29) is 0 Å². The lowest BCUT2D eigenvalue weighted by atomic mass is 9.70. The fourth-order valence-electron chi connectivity index (χ4n) is 4.14. The van der Waals surface area contributed by atoms with Gasteiger partial charge in [0.1, 0.15) is 0 Å². The highest BCUT2D eigenvalue weighted by Crippen LogP contribution is 2.47. The zero-order valence-electron chi connectivity index (χ0n) is 12.9. The van der Waals surface area contributed by atoms with Crippen molar-refractivity contribution >= 4 is 41.9 Å². The molecule has 1 atom stereocenters. The topological polar surface area (TPSA) is 37.4 Å². The Labute approximate surface area is 146 Å². The number of alkyl halides is 2. The van der Waals surface area contributed by atoms with Crippen molar-refractivity contribution in [2.24, 2.45) is 17.3 Å². The Morgan fingerprint density at radius 2 is 1.71 bits per heavy atom. The summed E-state index contributed by atoms with van der Waals surface area (Å²) in [6.07, 6.45) is 10.0. The Hall–Kier alpha value is 0.870. The summed E-state index contributed by atoms with van der Waals surface area (Å²) in [7, 11) is -3.04. The largest absolute Gasteiger partial charge is 0.213 e. The predicted molar refractivity (Wildman–Crippen MR) is 95.7 cm³/mol. The van der Waals surface area contributed by atoms with Crippen LogP contribution in [0, 0.1) is 17.3 Å². The van der Waals surface area contributed by atoms with Crippen LogP contribution in [0.1, 0.15) is 44.9 Å². The molecule has 2 fully saturated rings. The van der Waals surface area contributed by atoms with Crippen molar-refractivity contribution in [2.75, 3.05) is 30.0 Å². The molecule has 0 aromatic rings. The number of sulfonamides is 1. The van der Waals surface area contributed by atoms with Gasteiger partial charge in [0, 0.05) is 23.7 Å². The number of hydrogen-bond acceptors (Lipinski definition) is 2. The van der Waals surface area contributed by atoms with E-state index in [1.54, 1.807) is 4.31 Å². The van der Waals surface area contributed by atoms with Crippen molar-refractivity contribution in [3.63, 3.8) is 0 Å². The van der Waals surface area contributed by atoms with Crippen LogP contribution in [-0.2, 0) is 10.0 Å². The van der Waals surface area contributed by atoms with E-state index in [1.807, 2.05) is 0 Å². The molecular formula is C15H27Br2NO2S. The molecule has 0 spiro atoms. The first-order valence-electron chi connectivity index (χ1n) is 7.98. The number of nitrogens with zero attached hydrogens (tertiary/aromatic N) is 1. The summed E-state index contributed by atoms with van der Waals surface area (Å²) in [6, 6.07) is 0. The lowest BCUT2D eigenvalue weighted by molar-refractivity contribution is 0.143. The van der Waals surface area contributed by atoms with E-state index >= 15 is 0 Å². The molecule has 3 nitrogen and oxygen atoms in total. The minimum Gasteiger partial charge on any atom is -0.213 e. The Morgan fingerprint density at radius 1 is 1.10 bits per heavy atom. The maximum absolute atomic E-state index is 11.8. The van der Waals surface area contributed by atoms with E-state index in [0.29, 0.717) is 24.4 Å². The van der Waals surface area contributed by atoms with Gasteiger partial charge >= 0.3 is 0 Å². The summed E-state index contributed by atoms with van der Waals surface area (Å²) in [5.74, 6) is 1.29. The third-order valence-corrected chi connectivity index (χ3v) is 8.90. The van der Waals surface area contributed by atoms with Gasteiger partial charge in [0.05, 0.1) is 6.26 Å². The second-order valence-electron chi connectivity index (χ2n) is 6.94. The number of piperidine rings is 1. The molecule has 2 rings (SSSR count). The molecule has 1 saturated heterocycles. The van der Waals surface area contributed by atoms with Crippen LogP contribution in [-0.4, -0.2) is 42.7 Å². The maximum atomic E-state index is 11.8. The van der Waals surface area contributed by atoms with Crippen molar-refractivity contribution in [3.05, 3.63) is 0 Å². The van der Waals surface area contributed by atoms with Crippen molar-refractivity contribution in [1.82, 2.24) is 4.31 Å². The highest BCUT2D eigenvalue weighted by atomic mass is 79.9. The molecule has 0 N–H and O–H groups in total.